The number of para-hydroxylation sites is 1. The third-order valence-corrected chi connectivity index (χ3v) is 2.50. The van der Waals surface area contributed by atoms with Crippen molar-refractivity contribution in [3.63, 3.8) is 0 Å². The van der Waals surface area contributed by atoms with Crippen LogP contribution < -0.4 is 15.4 Å². The predicted molar refractivity (Wildman–Crippen MR) is 74.4 cm³/mol. The van der Waals surface area contributed by atoms with E-state index in [0.717, 1.165) is 5.75 Å². The molecule has 110 valence electrons. The van der Waals surface area contributed by atoms with Crippen molar-refractivity contribution in [1.82, 2.24) is 10.6 Å². The summed E-state index contributed by atoms with van der Waals surface area (Å²) < 4.78 is 10.1. The van der Waals surface area contributed by atoms with Crippen LogP contribution in [-0.4, -0.2) is 44.7 Å². The van der Waals surface area contributed by atoms with Gasteiger partial charge in [-0.05, 0) is 12.1 Å². The van der Waals surface area contributed by atoms with Crippen LogP contribution >= 0.6 is 0 Å². The zero-order valence-electron chi connectivity index (χ0n) is 11.7. The molecule has 1 atom stereocenters. The van der Waals surface area contributed by atoms with Crippen molar-refractivity contribution in [3.05, 3.63) is 30.3 Å². The van der Waals surface area contributed by atoms with E-state index in [0.29, 0.717) is 19.7 Å². The summed E-state index contributed by atoms with van der Waals surface area (Å²) >= 11 is 0. The lowest BCUT2D eigenvalue weighted by atomic mass is 10.3. The van der Waals surface area contributed by atoms with Gasteiger partial charge in [-0.1, -0.05) is 18.2 Å². The average molecular weight is 280 g/mol. The molecule has 0 heterocycles. The van der Waals surface area contributed by atoms with Gasteiger partial charge in [0.1, 0.15) is 18.4 Å². The topological polar surface area (TPSA) is 76.7 Å². The number of hydrogen-bond donors (Lipinski definition) is 2. The maximum atomic E-state index is 11.4. The predicted octanol–water partition coefficient (Wildman–Crippen LogP) is 0.333. The molecule has 0 saturated heterocycles. The molecule has 0 bridgehead atoms. The highest BCUT2D eigenvalue weighted by Crippen LogP contribution is 2.07. The van der Waals surface area contributed by atoms with Crippen LogP contribution in [0.3, 0.4) is 0 Å². The fraction of sp³-hybridized carbons (Fsp3) is 0.429. The molecule has 0 aliphatic rings. The van der Waals surface area contributed by atoms with Crippen molar-refractivity contribution >= 4 is 11.9 Å². The minimum absolute atomic E-state index is 0.275. The lowest BCUT2D eigenvalue weighted by molar-refractivity contribution is -0.144. The summed E-state index contributed by atoms with van der Waals surface area (Å²) in [7, 11) is 1.29. The summed E-state index contributed by atoms with van der Waals surface area (Å²) in [6, 6.07) is 8.76. The molecule has 6 heteroatoms. The van der Waals surface area contributed by atoms with E-state index in [1.165, 1.54) is 14.0 Å². The largest absolute Gasteiger partial charge is 0.492 e. The number of amides is 1. The van der Waals surface area contributed by atoms with Crippen molar-refractivity contribution in [2.24, 2.45) is 0 Å². The molecular formula is C14H20N2O4. The van der Waals surface area contributed by atoms with Gasteiger partial charge in [-0.25, -0.2) is 4.79 Å². The first-order valence-corrected chi connectivity index (χ1v) is 6.37. The normalized spacial score (nSPS) is 11.5. The number of methoxy groups -OCH3 is 1. The number of ether oxygens (including phenoxy) is 2. The Labute approximate surface area is 118 Å². The van der Waals surface area contributed by atoms with Gasteiger partial charge in [0.15, 0.2) is 0 Å². The first kappa shape index (κ1) is 16.0. The number of benzene rings is 1. The second-order valence-corrected chi connectivity index (χ2v) is 4.14. The van der Waals surface area contributed by atoms with Gasteiger partial charge in [-0.15, -0.1) is 0 Å². The number of rotatable bonds is 8. The third kappa shape index (κ3) is 6.19. The molecule has 20 heavy (non-hydrogen) atoms. The van der Waals surface area contributed by atoms with Crippen molar-refractivity contribution in [3.8, 4) is 5.75 Å². The van der Waals surface area contributed by atoms with Crippen LogP contribution in [0, 0.1) is 0 Å². The Bertz CT molecular complexity index is 422. The van der Waals surface area contributed by atoms with Gasteiger partial charge < -0.3 is 20.1 Å². The van der Waals surface area contributed by atoms with Crippen LogP contribution in [0.5, 0.6) is 5.75 Å². The van der Waals surface area contributed by atoms with Gasteiger partial charge in [-0.2, -0.15) is 0 Å². The van der Waals surface area contributed by atoms with E-state index >= 15 is 0 Å². The Hall–Kier alpha value is -2.08. The zero-order chi connectivity index (χ0) is 14.8. The fourth-order valence-corrected chi connectivity index (χ4v) is 1.59. The Morgan fingerprint density at radius 1 is 1.25 bits per heavy atom. The molecule has 0 spiro atoms. The van der Waals surface area contributed by atoms with Gasteiger partial charge >= 0.3 is 5.97 Å². The van der Waals surface area contributed by atoms with E-state index in [-0.39, 0.29) is 5.91 Å². The first-order valence-electron chi connectivity index (χ1n) is 6.37. The smallest absolute Gasteiger partial charge is 0.329 e. The molecule has 6 nitrogen and oxygen atoms in total. The van der Waals surface area contributed by atoms with Crippen molar-refractivity contribution in [2.75, 3.05) is 26.8 Å². The standard InChI is InChI=1S/C14H20N2O4/c1-11(17)16-13(14(18)19-2)10-15-8-9-20-12-6-4-3-5-7-12/h3-7,13,15H,8-10H2,1-2H3,(H,16,17). The van der Waals surface area contributed by atoms with Crippen LogP contribution in [0.15, 0.2) is 30.3 Å². The van der Waals surface area contributed by atoms with Crippen LogP contribution in [-0.2, 0) is 14.3 Å². The quantitative estimate of drug-likeness (QED) is 0.530. The number of nitrogens with one attached hydrogen (secondary N) is 2. The van der Waals surface area contributed by atoms with Crippen molar-refractivity contribution < 1.29 is 19.1 Å². The van der Waals surface area contributed by atoms with Crippen molar-refractivity contribution in [2.45, 2.75) is 13.0 Å². The number of carbonyl (C=O) groups excluding carboxylic acids is 2. The Morgan fingerprint density at radius 3 is 2.55 bits per heavy atom. The second-order valence-electron chi connectivity index (χ2n) is 4.14. The van der Waals surface area contributed by atoms with E-state index in [1.807, 2.05) is 30.3 Å². The summed E-state index contributed by atoms with van der Waals surface area (Å²) in [6.07, 6.45) is 0. The molecule has 0 saturated carbocycles. The van der Waals surface area contributed by atoms with Gasteiger partial charge in [0.05, 0.1) is 7.11 Å². The number of hydrogen-bond acceptors (Lipinski definition) is 5. The van der Waals surface area contributed by atoms with Crippen LogP contribution in [0.1, 0.15) is 6.92 Å². The fourth-order valence-electron chi connectivity index (χ4n) is 1.59. The molecule has 1 rings (SSSR count). The molecule has 0 aliphatic carbocycles. The highest BCUT2D eigenvalue weighted by atomic mass is 16.5. The SMILES string of the molecule is COC(=O)C(CNCCOc1ccccc1)NC(C)=O. The second kappa shape index (κ2) is 8.92. The summed E-state index contributed by atoms with van der Waals surface area (Å²) in [5.74, 6) is 0.0418. The van der Waals surface area contributed by atoms with Gasteiger partial charge in [0.25, 0.3) is 0 Å². The number of carbonyl (C=O) groups is 2. The maximum Gasteiger partial charge on any atom is 0.329 e. The number of esters is 1. The monoisotopic (exact) mass is 280 g/mol. The summed E-state index contributed by atoms with van der Waals surface area (Å²) in [4.78, 5) is 22.4. The lowest BCUT2D eigenvalue weighted by Crippen LogP contribution is -2.47. The van der Waals surface area contributed by atoms with E-state index in [4.69, 9.17) is 4.74 Å². The van der Waals surface area contributed by atoms with Gasteiger partial charge in [0, 0.05) is 20.0 Å². The van der Waals surface area contributed by atoms with E-state index in [2.05, 4.69) is 15.4 Å². The molecule has 0 aliphatic heterocycles. The molecule has 1 aromatic rings. The first-order chi connectivity index (χ1) is 9.63. The maximum absolute atomic E-state index is 11.4. The lowest BCUT2D eigenvalue weighted by Gasteiger charge is -2.16. The highest BCUT2D eigenvalue weighted by molar-refractivity contribution is 5.83. The minimum atomic E-state index is -0.686. The Morgan fingerprint density at radius 2 is 1.95 bits per heavy atom. The Kier molecular flexibility index (Phi) is 7.13. The van der Waals surface area contributed by atoms with Crippen LogP contribution in [0.25, 0.3) is 0 Å². The molecule has 0 radical (unpaired) electrons. The molecule has 1 amide bonds. The molecule has 2 N–H and O–H groups in total. The van der Waals surface area contributed by atoms with Crippen LogP contribution in [0.4, 0.5) is 0 Å². The minimum Gasteiger partial charge on any atom is -0.492 e. The third-order valence-electron chi connectivity index (χ3n) is 2.50. The Balaban J connectivity index is 2.23. The molecule has 0 aromatic heterocycles. The molecule has 1 aromatic carbocycles. The van der Waals surface area contributed by atoms with Crippen LogP contribution in [0.2, 0.25) is 0 Å². The van der Waals surface area contributed by atoms with Gasteiger partial charge in [0.2, 0.25) is 5.91 Å². The van der Waals surface area contributed by atoms with Gasteiger partial charge in [-0.3, -0.25) is 4.79 Å². The summed E-state index contributed by atoms with van der Waals surface area (Å²) in [5.41, 5.74) is 0. The van der Waals surface area contributed by atoms with E-state index in [9.17, 15) is 9.59 Å². The van der Waals surface area contributed by atoms with E-state index in [1.54, 1.807) is 0 Å². The zero-order valence-corrected chi connectivity index (χ0v) is 11.7. The molecule has 0 fully saturated rings. The average Bonchev–Trinajstić information content (AvgIpc) is 2.45. The van der Waals surface area contributed by atoms with Crippen molar-refractivity contribution in [1.29, 1.82) is 0 Å². The highest BCUT2D eigenvalue weighted by Gasteiger charge is 2.19. The van der Waals surface area contributed by atoms with E-state index < -0.39 is 12.0 Å². The molecule has 1 unspecified atom stereocenters. The molecular weight excluding hydrogens is 260 g/mol. The summed E-state index contributed by atoms with van der Waals surface area (Å²) in [6.45, 7) is 2.68. The summed E-state index contributed by atoms with van der Waals surface area (Å²) in [5, 5.41) is 5.56.